The summed E-state index contributed by atoms with van der Waals surface area (Å²) in [4.78, 5) is 46.4. The fourth-order valence-electron chi connectivity index (χ4n) is 5.30. The van der Waals surface area contributed by atoms with Gasteiger partial charge in [0.25, 0.3) is 0 Å². The van der Waals surface area contributed by atoms with Gasteiger partial charge in [0.15, 0.2) is 12.2 Å². The molecule has 0 saturated carbocycles. The number of nitrogens with zero attached hydrogens (tertiary/aromatic N) is 3. The number of piperazine rings is 1. The number of amides is 3. The molecule has 2 heterocycles. The monoisotopic (exact) mass is 531 g/mol. The zero-order valence-electron chi connectivity index (χ0n) is 22.4. The number of aromatic nitrogens is 1. The van der Waals surface area contributed by atoms with Gasteiger partial charge >= 0.3 is 11.8 Å². The molecule has 2 N–H and O–H groups in total. The molecule has 2 aliphatic rings. The van der Waals surface area contributed by atoms with Gasteiger partial charge in [0.1, 0.15) is 5.75 Å². The normalized spacial score (nSPS) is 17.1. The van der Waals surface area contributed by atoms with Gasteiger partial charge in [0.2, 0.25) is 5.91 Å². The Balaban J connectivity index is 1.10. The van der Waals surface area contributed by atoms with E-state index in [0.29, 0.717) is 55.5 Å². The summed E-state index contributed by atoms with van der Waals surface area (Å²) in [6.07, 6.45) is 3.70. The number of ether oxygens (including phenoxy) is 1. The summed E-state index contributed by atoms with van der Waals surface area (Å²) >= 11 is 0. The number of anilines is 1. The highest BCUT2D eigenvalue weighted by Gasteiger charge is 2.36. The summed E-state index contributed by atoms with van der Waals surface area (Å²) in [7, 11) is 1.51. The molecule has 1 aliphatic heterocycles. The number of nitrogens with one attached hydrogen (secondary N) is 2. The van der Waals surface area contributed by atoms with Crippen LogP contribution in [0.5, 0.6) is 5.75 Å². The number of rotatable bonds is 7. The lowest BCUT2D eigenvalue weighted by atomic mass is 9.77. The maximum absolute atomic E-state index is 13.0. The highest BCUT2D eigenvalue weighted by Crippen LogP contribution is 2.36. The lowest BCUT2D eigenvalue weighted by Gasteiger charge is -2.41. The van der Waals surface area contributed by atoms with Gasteiger partial charge in [0, 0.05) is 50.0 Å². The number of carbonyl (C=O) groups is 3. The van der Waals surface area contributed by atoms with Crippen molar-refractivity contribution in [3.8, 4) is 17.1 Å². The third-order valence-corrected chi connectivity index (χ3v) is 7.27. The SMILES string of the molecule is COc1cc(NC(=O)C(=O)NC(C)(C)CN2CCN(C(=O)C3Cc4ccccc43)CC2)ccc1-c1cnco1. The number of carbonyl (C=O) groups excluding carboxylic acids is 3. The van der Waals surface area contributed by atoms with Gasteiger partial charge in [0.05, 0.1) is 24.8 Å². The molecule has 0 spiro atoms. The van der Waals surface area contributed by atoms with Crippen LogP contribution in [0.3, 0.4) is 0 Å². The number of fused-ring (bicyclic) bond motifs is 1. The summed E-state index contributed by atoms with van der Waals surface area (Å²) in [6, 6.07) is 13.1. The zero-order valence-corrected chi connectivity index (χ0v) is 22.4. The van der Waals surface area contributed by atoms with Crippen molar-refractivity contribution in [3.63, 3.8) is 0 Å². The van der Waals surface area contributed by atoms with Crippen molar-refractivity contribution >= 4 is 23.4 Å². The lowest BCUT2D eigenvalue weighted by Crippen LogP contribution is -2.58. The molecule has 10 nitrogen and oxygen atoms in total. The fraction of sp³-hybridized carbons (Fsp3) is 0.379. The first-order valence-corrected chi connectivity index (χ1v) is 13.0. The Bertz CT molecular complexity index is 1360. The van der Waals surface area contributed by atoms with E-state index in [1.54, 1.807) is 24.4 Å². The van der Waals surface area contributed by atoms with E-state index in [1.807, 2.05) is 36.9 Å². The van der Waals surface area contributed by atoms with Crippen molar-refractivity contribution < 1.29 is 23.5 Å². The zero-order chi connectivity index (χ0) is 27.6. The van der Waals surface area contributed by atoms with Crippen molar-refractivity contribution in [2.24, 2.45) is 0 Å². The lowest BCUT2D eigenvalue weighted by molar-refractivity contribution is -0.137. The first-order chi connectivity index (χ1) is 18.7. The van der Waals surface area contributed by atoms with E-state index in [2.05, 4.69) is 26.6 Å². The number of oxazole rings is 1. The van der Waals surface area contributed by atoms with Gasteiger partial charge in [-0.25, -0.2) is 4.98 Å². The Morgan fingerprint density at radius 1 is 1.08 bits per heavy atom. The second-order valence-electron chi connectivity index (χ2n) is 10.6. The second-order valence-corrected chi connectivity index (χ2v) is 10.6. The molecule has 1 aliphatic carbocycles. The number of hydrogen-bond acceptors (Lipinski definition) is 7. The third kappa shape index (κ3) is 5.80. The summed E-state index contributed by atoms with van der Waals surface area (Å²) in [5.41, 5.74) is 2.86. The van der Waals surface area contributed by atoms with E-state index in [9.17, 15) is 14.4 Å². The van der Waals surface area contributed by atoms with Crippen LogP contribution in [-0.2, 0) is 20.8 Å². The van der Waals surface area contributed by atoms with E-state index in [4.69, 9.17) is 9.15 Å². The molecule has 3 amide bonds. The minimum Gasteiger partial charge on any atom is -0.496 e. The van der Waals surface area contributed by atoms with E-state index in [1.165, 1.54) is 19.1 Å². The first kappa shape index (κ1) is 26.4. The van der Waals surface area contributed by atoms with Crippen molar-refractivity contribution in [2.75, 3.05) is 45.2 Å². The average molecular weight is 532 g/mol. The molecule has 5 rings (SSSR count). The van der Waals surface area contributed by atoms with Crippen LogP contribution in [0.4, 0.5) is 5.69 Å². The van der Waals surface area contributed by atoms with E-state index >= 15 is 0 Å². The Morgan fingerprint density at radius 3 is 2.54 bits per heavy atom. The predicted octanol–water partition coefficient (Wildman–Crippen LogP) is 2.67. The average Bonchev–Trinajstić information content (AvgIpc) is 3.44. The molecule has 39 heavy (non-hydrogen) atoms. The molecule has 1 saturated heterocycles. The second kappa shape index (κ2) is 10.9. The largest absolute Gasteiger partial charge is 0.496 e. The van der Waals surface area contributed by atoms with Crippen molar-refractivity contribution in [1.82, 2.24) is 20.1 Å². The van der Waals surface area contributed by atoms with Gasteiger partial charge in [-0.15, -0.1) is 0 Å². The fourth-order valence-corrected chi connectivity index (χ4v) is 5.30. The van der Waals surface area contributed by atoms with Gasteiger partial charge in [-0.1, -0.05) is 24.3 Å². The van der Waals surface area contributed by atoms with Crippen LogP contribution in [-0.4, -0.2) is 77.9 Å². The maximum atomic E-state index is 13.0. The molecule has 1 aromatic heterocycles. The molecule has 3 aromatic rings. The van der Waals surface area contributed by atoms with Crippen LogP contribution in [0.15, 0.2) is 59.5 Å². The van der Waals surface area contributed by atoms with Gasteiger partial charge < -0.3 is 24.7 Å². The summed E-state index contributed by atoms with van der Waals surface area (Å²) < 4.78 is 10.7. The van der Waals surface area contributed by atoms with E-state index in [-0.39, 0.29) is 11.8 Å². The maximum Gasteiger partial charge on any atom is 0.313 e. The summed E-state index contributed by atoms with van der Waals surface area (Å²) in [6.45, 7) is 7.04. The van der Waals surface area contributed by atoms with Crippen LogP contribution in [0.2, 0.25) is 0 Å². The van der Waals surface area contributed by atoms with Crippen molar-refractivity contribution in [2.45, 2.75) is 31.7 Å². The van der Waals surface area contributed by atoms with Crippen molar-refractivity contribution in [3.05, 3.63) is 66.2 Å². The topological polar surface area (TPSA) is 117 Å². The van der Waals surface area contributed by atoms with Crippen LogP contribution in [0, 0.1) is 0 Å². The van der Waals surface area contributed by atoms with E-state index < -0.39 is 17.4 Å². The molecule has 0 radical (unpaired) electrons. The summed E-state index contributed by atoms with van der Waals surface area (Å²) in [5.74, 6) is -0.319. The van der Waals surface area contributed by atoms with Gasteiger partial charge in [-0.2, -0.15) is 0 Å². The number of benzene rings is 2. The molecule has 0 bridgehead atoms. The minimum absolute atomic E-state index is 0.0275. The molecule has 10 heteroatoms. The standard InChI is InChI=1S/C29H33N5O5/c1-29(2,17-33-10-12-34(13-11-33)28(37)23-14-19-6-4-5-7-21(19)23)32-27(36)26(35)31-20-8-9-22(24(15-20)38-3)25-16-30-18-39-25/h4-9,15-16,18,23H,10-14,17H2,1-3H3,(H,31,35)(H,32,36). The predicted molar refractivity (Wildman–Crippen MR) is 145 cm³/mol. The molecule has 2 aromatic carbocycles. The van der Waals surface area contributed by atoms with Gasteiger partial charge in [-0.05, 0) is 43.5 Å². The number of hydrogen-bond donors (Lipinski definition) is 2. The third-order valence-electron chi connectivity index (χ3n) is 7.27. The minimum atomic E-state index is -0.770. The molecular formula is C29H33N5O5. The molecule has 1 unspecified atom stereocenters. The Kier molecular flexibility index (Phi) is 7.38. The van der Waals surface area contributed by atoms with Crippen LogP contribution >= 0.6 is 0 Å². The molecular weight excluding hydrogens is 498 g/mol. The van der Waals surface area contributed by atoms with Crippen LogP contribution < -0.4 is 15.4 Å². The quantitative estimate of drug-likeness (QED) is 0.450. The van der Waals surface area contributed by atoms with Crippen LogP contribution in [0.25, 0.3) is 11.3 Å². The van der Waals surface area contributed by atoms with E-state index in [0.717, 1.165) is 12.0 Å². The number of methoxy groups -OCH3 is 1. The van der Waals surface area contributed by atoms with Crippen LogP contribution in [0.1, 0.15) is 30.9 Å². The Hall–Kier alpha value is -4.18. The first-order valence-electron chi connectivity index (χ1n) is 13.0. The smallest absolute Gasteiger partial charge is 0.313 e. The Morgan fingerprint density at radius 2 is 1.85 bits per heavy atom. The van der Waals surface area contributed by atoms with Gasteiger partial charge in [-0.3, -0.25) is 19.3 Å². The Labute approximate surface area is 227 Å². The molecule has 1 fully saturated rings. The van der Waals surface area contributed by atoms with Crippen molar-refractivity contribution in [1.29, 1.82) is 0 Å². The highest BCUT2D eigenvalue weighted by atomic mass is 16.5. The molecule has 1 atom stereocenters. The highest BCUT2D eigenvalue weighted by molar-refractivity contribution is 6.39. The summed E-state index contributed by atoms with van der Waals surface area (Å²) in [5, 5.41) is 5.47. The molecule has 204 valence electrons.